The van der Waals surface area contributed by atoms with Crippen LogP contribution < -0.4 is 5.32 Å². The van der Waals surface area contributed by atoms with Gasteiger partial charge in [0.15, 0.2) is 9.84 Å². The molecular weight excluding hydrogens is 356 g/mol. The van der Waals surface area contributed by atoms with Crippen LogP contribution in [0.5, 0.6) is 0 Å². The van der Waals surface area contributed by atoms with Crippen LogP contribution in [-0.2, 0) is 14.6 Å². The standard InChI is InChI=1S/C18H26N2O5S/c1-5-20(10-17(21)22)14-7-13(8-14)19-18(23)16-9-15(26(4,24)25)6-11(2)12(16)3/h6,9,13-14H,5,7-8,10H2,1-4H3,(H,19,23)(H,21,22). The van der Waals surface area contributed by atoms with E-state index in [1.807, 2.05) is 11.8 Å². The lowest BCUT2D eigenvalue weighted by molar-refractivity contribution is -0.139. The van der Waals surface area contributed by atoms with Crippen LogP contribution in [0, 0.1) is 13.8 Å². The molecule has 2 rings (SSSR count). The van der Waals surface area contributed by atoms with E-state index >= 15 is 0 Å². The van der Waals surface area contributed by atoms with E-state index in [-0.39, 0.29) is 29.4 Å². The molecule has 8 heteroatoms. The summed E-state index contributed by atoms with van der Waals surface area (Å²) in [5.74, 6) is -1.15. The fraction of sp³-hybridized carbons (Fsp3) is 0.556. The molecule has 0 unspecified atom stereocenters. The van der Waals surface area contributed by atoms with Crippen molar-refractivity contribution < 1.29 is 23.1 Å². The molecule has 1 aromatic rings. The molecule has 0 saturated heterocycles. The van der Waals surface area contributed by atoms with Gasteiger partial charge in [0.2, 0.25) is 0 Å². The lowest BCUT2D eigenvalue weighted by Crippen LogP contribution is -2.54. The van der Waals surface area contributed by atoms with Crippen LogP contribution in [0.15, 0.2) is 17.0 Å². The third kappa shape index (κ3) is 4.62. The Morgan fingerprint density at radius 1 is 1.27 bits per heavy atom. The van der Waals surface area contributed by atoms with Crippen LogP contribution in [0.3, 0.4) is 0 Å². The molecule has 0 bridgehead atoms. The van der Waals surface area contributed by atoms with Gasteiger partial charge in [0, 0.05) is 23.9 Å². The second-order valence-corrected chi connectivity index (χ2v) is 8.95. The van der Waals surface area contributed by atoms with Gasteiger partial charge in [0.1, 0.15) is 0 Å². The van der Waals surface area contributed by atoms with Gasteiger partial charge >= 0.3 is 5.97 Å². The highest BCUT2D eigenvalue weighted by Crippen LogP contribution is 2.27. The molecule has 1 aliphatic carbocycles. The smallest absolute Gasteiger partial charge is 0.317 e. The second kappa shape index (κ2) is 7.75. The van der Waals surface area contributed by atoms with Gasteiger partial charge in [0.25, 0.3) is 5.91 Å². The monoisotopic (exact) mass is 382 g/mol. The minimum Gasteiger partial charge on any atom is -0.480 e. The molecule has 0 spiro atoms. The van der Waals surface area contributed by atoms with Gasteiger partial charge < -0.3 is 10.4 Å². The average Bonchev–Trinajstić information content (AvgIpc) is 2.49. The Balaban J connectivity index is 2.06. The Morgan fingerprint density at radius 3 is 2.38 bits per heavy atom. The van der Waals surface area contributed by atoms with Crippen LogP contribution in [0.1, 0.15) is 41.3 Å². The van der Waals surface area contributed by atoms with E-state index in [0.717, 1.165) is 17.4 Å². The van der Waals surface area contributed by atoms with Crippen molar-refractivity contribution in [3.63, 3.8) is 0 Å². The van der Waals surface area contributed by atoms with Crippen molar-refractivity contribution in [2.24, 2.45) is 0 Å². The van der Waals surface area contributed by atoms with Crippen molar-refractivity contribution in [2.45, 2.75) is 50.6 Å². The maximum Gasteiger partial charge on any atom is 0.317 e. The van der Waals surface area contributed by atoms with Crippen molar-refractivity contribution in [2.75, 3.05) is 19.3 Å². The van der Waals surface area contributed by atoms with Crippen molar-refractivity contribution in [1.29, 1.82) is 0 Å². The normalized spacial score (nSPS) is 19.9. The van der Waals surface area contributed by atoms with Gasteiger partial charge in [-0.05, 0) is 56.5 Å². The molecule has 0 radical (unpaired) electrons. The zero-order chi connectivity index (χ0) is 19.6. The number of amides is 1. The van der Waals surface area contributed by atoms with Crippen LogP contribution in [0.25, 0.3) is 0 Å². The summed E-state index contributed by atoms with van der Waals surface area (Å²) in [5.41, 5.74) is 1.88. The number of sulfone groups is 1. The molecule has 1 saturated carbocycles. The molecule has 2 N–H and O–H groups in total. The third-order valence-corrected chi connectivity index (χ3v) is 6.11. The van der Waals surface area contributed by atoms with Gasteiger partial charge in [-0.25, -0.2) is 8.42 Å². The number of carboxylic acids is 1. The van der Waals surface area contributed by atoms with Crippen LogP contribution >= 0.6 is 0 Å². The molecule has 1 aromatic carbocycles. The molecule has 0 aliphatic heterocycles. The van der Waals surface area contributed by atoms with E-state index in [1.54, 1.807) is 19.9 Å². The minimum absolute atomic E-state index is 0.00343. The fourth-order valence-corrected chi connectivity index (χ4v) is 3.94. The predicted molar refractivity (Wildman–Crippen MR) is 98.2 cm³/mol. The molecular formula is C18H26N2O5S. The number of hydrogen-bond acceptors (Lipinski definition) is 5. The van der Waals surface area contributed by atoms with Gasteiger partial charge in [-0.2, -0.15) is 0 Å². The number of aryl methyl sites for hydroxylation is 1. The van der Waals surface area contributed by atoms with Crippen LogP contribution in [0.2, 0.25) is 0 Å². The quantitative estimate of drug-likeness (QED) is 0.738. The number of carboxylic acid groups (broad SMARTS) is 1. The van der Waals surface area contributed by atoms with E-state index in [4.69, 9.17) is 5.11 Å². The summed E-state index contributed by atoms with van der Waals surface area (Å²) in [4.78, 5) is 25.5. The van der Waals surface area contributed by atoms with Gasteiger partial charge in [-0.3, -0.25) is 14.5 Å². The predicted octanol–water partition coefficient (Wildman–Crippen LogP) is 1.37. The minimum atomic E-state index is -3.40. The molecule has 26 heavy (non-hydrogen) atoms. The number of carbonyl (C=O) groups excluding carboxylic acids is 1. The van der Waals surface area contributed by atoms with E-state index < -0.39 is 15.8 Å². The number of likely N-dealkylation sites (N-methyl/N-ethyl adjacent to an activating group) is 1. The van der Waals surface area contributed by atoms with E-state index in [2.05, 4.69) is 5.32 Å². The summed E-state index contributed by atoms with van der Waals surface area (Å²) >= 11 is 0. The Morgan fingerprint density at radius 2 is 1.88 bits per heavy atom. The molecule has 144 valence electrons. The number of aliphatic carboxylic acids is 1. The highest BCUT2D eigenvalue weighted by molar-refractivity contribution is 7.90. The Hall–Kier alpha value is -1.93. The summed E-state index contributed by atoms with van der Waals surface area (Å²) in [5, 5.41) is 11.9. The lowest BCUT2D eigenvalue weighted by atomic mass is 9.85. The van der Waals surface area contributed by atoms with Crippen LogP contribution in [0.4, 0.5) is 0 Å². The molecule has 0 heterocycles. The van der Waals surface area contributed by atoms with Gasteiger partial charge in [0.05, 0.1) is 11.4 Å². The van der Waals surface area contributed by atoms with Crippen molar-refractivity contribution >= 4 is 21.7 Å². The number of hydrogen-bond donors (Lipinski definition) is 2. The number of nitrogens with zero attached hydrogens (tertiary/aromatic N) is 1. The molecule has 0 aromatic heterocycles. The van der Waals surface area contributed by atoms with Crippen molar-refractivity contribution in [3.8, 4) is 0 Å². The number of nitrogens with one attached hydrogen (secondary N) is 1. The first kappa shape index (κ1) is 20.4. The molecule has 0 atom stereocenters. The summed E-state index contributed by atoms with van der Waals surface area (Å²) in [6.07, 6.45) is 2.50. The number of rotatable bonds is 7. The molecule has 1 amide bonds. The topological polar surface area (TPSA) is 104 Å². The summed E-state index contributed by atoms with van der Waals surface area (Å²) in [6.45, 7) is 6.14. The first-order valence-corrected chi connectivity index (χ1v) is 10.5. The first-order chi connectivity index (χ1) is 12.0. The summed E-state index contributed by atoms with van der Waals surface area (Å²) in [7, 11) is -3.40. The van der Waals surface area contributed by atoms with E-state index in [0.29, 0.717) is 24.9 Å². The van der Waals surface area contributed by atoms with E-state index in [1.165, 1.54) is 6.07 Å². The summed E-state index contributed by atoms with van der Waals surface area (Å²) < 4.78 is 23.6. The fourth-order valence-electron chi connectivity index (χ4n) is 3.22. The highest BCUT2D eigenvalue weighted by Gasteiger charge is 2.35. The SMILES string of the molecule is CCN(CC(=O)O)C1CC(NC(=O)c2cc(S(C)(=O)=O)cc(C)c2C)C1. The Labute approximate surface area is 154 Å². The molecule has 1 fully saturated rings. The zero-order valence-electron chi connectivity index (χ0n) is 15.6. The maximum atomic E-state index is 12.6. The third-order valence-electron chi connectivity index (χ3n) is 5.02. The largest absolute Gasteiger partial charge is 0.480 e. The highest BCUT2D eigenvalue weighted by atomic mass is 32.2. The van der Waals surface area contributed by atoms with Crippen molar-refractivity contribution in [3.05, 3.63) is 28.8 Å². The Kier molecular flexibility index (Phi) is 6.08. The summed E-state index contributed by atoms with van der Waals surface area (Å²) in [6, 6.07) is 3.11. The Bertz CT molecular complexity index is 813. The van der Waals surface area contributed by atoms with E-state index in [9.17, 15) is 18.0 Å². The molecule has 1 aliphatic rings. The maximum absolute atomic E-state index is 12.6. The zero-order valence-corrected chi connectivity index (χ0v) is 16.4. The van der Waals surface area contributed by atoms with Crippen molar-refractivity contribution in [1.82, 2.24) is 10.2 Å². The van der Waals surface area contributed by atoms with Crippen LogP contribution in [-0.4, -0.2) is 61.7 Å². The average molecular weight is 382 g/mol. The second-order valence-electron chi connectivity index (χ2n) is 6.94. The first-order valence-electron chi connectivity index (χ1n) is 8.61. The van der Waals surface area contributed by atoms with Gasteiger partial charge in [-0.15, -0.1) is 0 Å². The van der Waals surface area contributed by atoms with Gasteiger partial charge in [-0.1, -0.05) is 6.92 Å². The number of benzene rings is 1. The lowest BCUT2D eigenvalue weighted by Gasteiger charge is -2.42. The number of carbonyl (C=O) groups is 2. The molecule has 7 nitrogen and oxygen atoms in total.